The molecule has 1 aromatic carbocycles. The second-order valence-electron chi connectivity index (χ2n) is 5.05. The summed E-state index contributed by atoms with van der Waals surface area (Å²) in [6, 6.07) is 5.63. The first kappa shape index (κ1) is 13.4. The Balaban J connectivity index is 1.96. The summed E-state index contributed by atoms with van der Waals surface area (Å²) in [4.78, 5) is 31.5. The maximum atomic E-state index is 11.9. The van der Waals surface area contributed by atoms with Crippen LogP contribution in [0.5, 0.6) is 5.75 Å². The number of imide groups is 1. The molecule has 2 heterocycles. The minimum atomic E-state index is -0.240. The van der Waals surface area contributed by atoms with Crippen LogP contribution in [0.1, 0.15) is 18.4 Å². The first-order valence-electron chi connectivity index (χ1n) is 6.74. The second-order valence-corrected chi connectivity index (χ2v) is 5.05. The van der Waals surface area contributed by atoms with Crippen molar-refractivity contribution < 1.29 is 14.4 Å². The van der Waals surface area contributed by atoms with Crippen molar-refractivity contribution in [3.63, 3.8) is 0 Å². The van der Waals surface area contributed by atoms with Crippen molar-refractivity contribution in [2.75, 3.05) is 0 Å². The fourth-order valence-electron chi connectivity index (χ4n) is 2.72. The normalized spacial score (nSPS) is 18.6. The van der Waals surface area contributed by atoms with E-state index < -0.39 is 0 Å². The van der Waals surface area contributed by atoms with Crippen LogP contribution < -0.4 is 10.2 Å². The van der Waals surface area contributed by atoms with Crippen molar-refractivity contribution in [3.8, 4) is 5.75 Å². The number of amides is 2. The number of rotatable bonds is 4. The molecule has 2 amide bonds. The van der Waals surface area contributed by atoms with Crippen LogP contribution in [0.2, 0.25) is 0 Å². The summed E-state index contributed by atoms with van der Waals surface area (Å²) in [5, 5.41) is 6.83. The molecule has 2 N–H and O–H groups in total. The molecule has 21 heavy (non-hydrogen) atoms. The standard InChI is InChI=1S/C15H15N3O3/c1-16-21-13-4-3-12-10(6-7-17-12)11(13)8-9-2-5-14(19)18-15(9)20/h3-4,6-7,9,17H,1-2,5,8H2,(H,18,19,20). The number of hydrogen-bond acceptors (Lipinski definition) is 4. The van der Waals surface area contributed by atoms with E-state index >= 15 is 0 Å². The highest BCUT2D eigenvalue weighted by Crippen LogP contribution is 2.31. The van der Waals surface area contributed by atoms with Crippen LogP contribution in [0, 0.1) is 5.92 Å². The van der Waals surface area contributed by atoms with Gasteiger partial charge in [0.15, 0.2) is 5.75 Å². The molecule has 1 fully saturated rings. The van der Waals surface area contributed by atoms with Gasteiger partial charge < -0.3 is 9.82 Å². The Morgan fingerprint density at radius 2 is 2.19 bits per heavy atom. The minimum absolute atomic E-state index is 0.208. The lowest BCUT2D eigenvalue weighted by atomic mass is 9.89. The van der Waals surface area contributed by atoms with E-state index in [1.165, 1.54) is 0 Å². The molecule has 1 unspecified atom stereocenters. The van der Waals surface area contributed by atoms with Crippen molar-refractivity contribution in [3.05, 3.63) is 30.0 Å². The second kappa shape index (κ2) is 5.40. The van der Waals surface area contributed by atoms with Gasteiger partial charge in [0.2, 0.25) is 11.8 Å². The third-order valence-electron chi connectivity index (χ3n) is 3.77. The Labute approximate surface area is 121 Å². The van der Waals surface area contributed by atoms with Crippen LogP contribution in [0.4, 0.5) is 0 Å². The van der Waals surface area contributed by atoms with Crippen molar-refractivity contribution in [2.24, 2.45) is 11.1 Å². The third-order valence-corrected chi connectivity index (χ3v) is 3.77. The van der Waals surface area contributed by atoms with E-state index in [1.807, 2.05) is 18.3 Å². The number of carbonyl (C=O) groups excluding carboxylic acids is 2. The predicted octanol–water partition coefficient (Wildman–Crippen LogP) is 1.76. The predicted molar refractivity (Wildman–Crippen MR) is 78.1 cm³/mol. The number of H-pyrrole nitrogens is 1. The summed E-state index contributed by atoms with van der Waals surface area (Å²) in [5.41, 5.74) is 1.87. The molecule has 0 saturated carbocycles. The topological polar surface area (TPSA) is 83.5 Å². The maximum absolute atomic E-state index is 11.9. The molecule has 0 bridgehead atoms. The lowest BCUT2D eigenvalue weighted by Crippen LogP contribution is -2.41. The van der Waals surface area contributed by atoms with Crippen LogP contribution in [0.3, 0.4) is 0 Å². The van der Waals surface area contributed by atoms with Crippen LogP contribution in [-0.2, 0) is 16.0 Å². The zero-order chi connectivity index (χ0) is 14.8. The number of nitrogens with zero attached hydrogens (tertiary/aromatic N) is 1. The monoisotopic (exact) mass is 285 g/mol. The smallest absolute Gasteiger partial charge is 0.230 e. The van der Waals surface area contributed by atoms with Crippen molar-refractivity contribution in [1.29, 1.82) is 0 Å². The average Bonchev–Trinajstić information content (AvgIpc) is 2.93. The molecular weight excluding hydrogens is 270 g/mol. The average molecular weight is 285 g/mol. The summed E-state index contributed by atoms with van der Waals surface area (Å²) < 4.78 is 0. The Morgan fingerprint density at radius 1 is 1.33 bits per heavy atom. The number of carbonyl (C=O) groups is 2. The largest absolute Gasteiger partial charge is 0.361 e. The number of nitrogens with one attached hydrogen (secondary N) is 2. The zero-order valence-corrected chi connectivity index (χ0v) is 11.4. The van der Waals surface area contributed by atoms with E-state index in [-0.39, 0.29) is 17.7 Å². The van der Waals surface area contributed by atoms with Gasteiger partial charge in [0.25, 0.3) is 0 Å². The van der Waals surface area contributed by atoms with E-state index in [4.69, 9.17) is 4.84 Å². The van der Waals surface area contributed by atoms with Crippen LogP contribution >= 0.6 is 0 Å². The van der Waals surface area contributed by atoms with Gasteiger partial charge in [-0.3, -0.25) is 14.9 Å². The molecule has 1 saturated heterocycles. The summed E-state index contributed by atoms with van der Waals surface area (Å²) in [6.07, 6.45) is 3.25. The van der Waals surface area contributed by atoms with Crippen molar-refractivity contribution in [2.45, 2.75) is 19.3 Å². The van der Waals surface area contributed by atoms with Gasteiger partial charge in [0.05, 0.1) is 0 Å². The summed E-state index contributed by atoms with van der Waals surface area (Å²) >= 11 is 0. The molecule has 2 aromatic rings. The fraction of sp³-hybridized carbons (Fsp3) is 0.267. The van der Waals surface area contributed by atoms with Crippen LogP contribution in [-0.4, -0.2) is 23.5 Å². The van der Waals surface area contributed by atoms with Crippen molar-refractivity contribution >= 4 is 29.4 Å². The van der Waals surface area contributed by atoms with Gasteiger partial charge in [-0.2, -0.15) is 0 Å². The van der Waals surface area contributed by atoms with Gasteiger partial charge in [-0.15, -0.1) is 0 Å². The molecule has 1 aliphatic rings. The van der Waals surface area contributed by atoms with Gasteiger partial charge in [0.1, 0.15) is 0 Å². The molecule has 0 radical (unpaired) electrons. The molecule has 3 rings (SSSR count). The van der Waals surface area contributed by atoms with Crippen molar-refractivity contribution in [1.82, 2.24) is 10.3 Å². The Hall–Kier alpha value is -2.63. The van der Waals surface area contributed by atoms with E-state index in [2.05, 4.69) is 22.2 Å². The Bertz CT molecular complexity index is 720. The molecule has 6 heteroatoms. The third kappa shape index (κ3) is 2.52. The Morgan fingerprint density at radius 3 is 2.95 bits per heavy atom. The van der Waals surface area contributed by atoms with Gasteiger partial charge in [-0.05, 0) is 31.0 Å². The number of piperidine rings is 1. The highest BCUT2D eigenvalue weighted by atomic mass is 16.6. The quantitative estimate of drug-likeness (QED) is 0.510. The van der Waals surface area contributed by atoms with Crippen LogP contribution in [0.15, 0.2) is 29.6 Å². The van der Waals surface area contributed by atoms with E-state index in [9.17, 15) is 9.59 Å². The number of hydrogen-bond donors (Lipinski definition) is 2. The maximum Gasteiger partial charge on any atom is 0.230 e. The van der Waals surface area contributed by atoms with Crippen LogP contribution in [0.25, 0.3) is 10.9 Å². The first-order valence-corrected chi connectivity index (χ1v) is 6.74. The Kier molecular flexibility index (Phi) is 3.43. The molecular formula is C15H15N3O3. The molecule has 1 aromatic heterocycles. The number of benzene rings is 1. The molecule has 6 nitrogen and oxygen atoms in total. The molecule has 0 spiro atoms. The number of aromatic nitrogens is 1. The number of aromatic amines is 1. The summed E-state index contributed by atoms with van der Waals surface area (Å²) in [5.74, 6) is -0.0891. The van der Waals surface area contributed by atoms with E-state index in [0.29, 0.717) is 25.0 Å². The van der Waals surface area contributed by atoms with Gasteiger partial charge in [-0.25, -0.2) is 0 Å². The van der Waals surface area contributed by atoms with Gasteiger partial charge in [0, 0.05) is 41.7 Å². The molecule has 1 aliphatic heterocycles. The van der Waals surface area contributed by atoms with Gasteiger partial charge in [-0.1, -0.05) is 5.16 Å². The lowest BCUT2D eigenvalue weighted by molar-refractivity contribution is -0.136. The number of fused-ring (bicyclic) bond motifs is 1. The summed E-state index contributed by atoms with van der Waals surface area (Å²) in [6.45, 7) is 3.33. The highest BCUT2D eigenvalue weighted by molar-refractivity contribution is 5.99. The first-order chi connectivity index (χ1) is 10.2. The SMILES string of the molecule is C=NOc1ccc2[nH]ccc2c1CC1CCC(=O)NC1=O. The lowest BCUT2D eigenvalue weighted by Gasteiger charge is -2.21. The van der Waals surface area contributed by atoms with Gasteiger partial charge >= 0.3 is 0 Å². The fourth-order valence-corrected chi connectivity index (χ4v) is 2.72. The molecule has 1 atom stereocenters. The zero-order valence-electron chi connectivity index (χ0n) is 11.4. The van der Waals surface area contributed by atoms with E-state index in [1.54, 1.807) is 6.07 Å². The number of oxime groups is 1. The molecule has 108 valence electrons. The van der Waals surface area contributed by atoms with E-state index in [0.717, 1.165) is 16.5 Å². The highest BCUT2D eigenvalue weighted by Gasteiger charge is 2.28. The summed E-state index contributed by atoms with van der Waals surface area (Å²) in [7, 11) is 0. The molecule has 0 aliphatic carbocycles. The minimum Gasteiger partial charge on any atom is -0.361 e.